The van der Waals surface area contributed by atoms with Gasteiger partial charge in [-0.25, -0.2) is 9.59 Å². The van der Waals surface area contributed by atoms with Crippen LogP contribution in [0.15, 0.2) is 54.1 Å². The predicted molar refractivity (Wildman–Crippen MR) is 113 cm³/mol. The molecule has 1 atom stereocenters. The highest BCUT2D eigenvalue weighted by Gasteiger charge is 2.34. The summed E-state index contributed by atoms with van der Waals surface area (Å²) in [6.45, 7) is 4.63. The first kappa shape index (κ1) is 21.2. The molecule has 0 bridgehead atoms. The number of amides is 2. The Hall–Kier alpha value is -3.48. The Morgan fingerprint density at radius 1 is 1.00 bits per heavy atom. The summed E-state index contributed by atoms with van der Waals surface area (Å²) in [5, 5.41) is 5.59. The van der Waals surface area contributed by atoms with Gasteiger partial charge in [0.1, 0.15) is 11.5 Å². The fraction of sp³-hybridized carbons (Fsp3) is 0.304. The first-order valence-corrected chi connectivity index (χ1v) is 9.93. The molecule has 7 nitrogen and oxygen atoms in total. The Morgan fingerprint density at radius 3 is 2.27 bits per heavy atom. The van der Waals surface area contributed by atoms with Crippen molar-refractivity contribution in [3.8, 4) is 11.5 Å². The lowest BCUT2D eigenvalue weighted by Gasteiger charge is -2.29. The van der Waals surface area contributed by atoms with Gasteiger partial charge in [-0.15, -0.1) is 0 Å². The zero-order chi connectivity index (χ0) is 21.5. The number of hydrogen-bond acceptors (Lipinski definition) is 5. The molecule has 3 rings (SSSR count). The first-order valence-electron chi connectivity index (χ1n) is 9.93. The molecule has 1 unspecified atom stereocenters. The molecule has 2 aromatic rings. The molecule has 1 heterocycles. The summed E-state index contributed by atoms with van der Waals surface area (Å²) in [5.74, 6) is 0.918. The van der Waals surface area contributed by atoms with Crippen LogP contribution in [0.2, 0.25) is 0 Å². The Kier molecular flexibility index (Phi) is 6.95. The maximum atomic E-state index is 12.9. The summed E-state index contributed by atoms with van der Waals surface area (Å²) in [4.78, 5) is 25.3. The molecule has 0 saturated heterocycles. The van der Waals surface area contributed by atoms with Crippen LogP contribution in [0.25, 0.3) is 5.70 Å². The molecule has 2 N–H and O–H groups in total. The van der Waals surface area contributed by atoms with Crippen LogP contribution in [0.3, 0.4) is 0 Å². The molecule has 158 valence electrons. The standard InChI is InChI=1S/C23H26N2O5/c1-4-14-30-18-12-8-16(9-13-18)21-19(22(26)29-5-2)20(24-23(27)25-21)15-6-10-17(28-3)11-7-15/h6-13,21H,4-5,14H2,1-3H3,(H2,24,25,27). The van der Waals surface area contributed by atoms with Gasteiger partial charge in [-0.2, -0.15) is 0 Å². The minimum Gasteiger partial charge on any atom is -0.497 e. The highest BCUT2D eigenvalue weighted by atomic mass is 16.5. The van der Waals surface area contributed by atoms with Crippen molar-refractivity contribution in [2.75, 3.05) is 20.3 Å². The lowest BCUT2D eigenvalue weighted by molar-refractivity contribution is -0.138. The molecule has 0 aromatic heterocycles. The number of hydrogen-bond donors (Lipinski definition) is 2. The van der Waals surface area contributed by atoms with Crippen molar-refractivity contribution in [3.63, 3.8) is 0 Å². The summed E-state index contributed by atoms with van der Waals surface area (Å²) < 4.78 is 16.1. The monoisotopic (exact) mass is 410 g/mol. The van der Waals surface area contributed by atoms with Crippen LogP contribution < -0.4 is 20.1 Å². The van der Waals surface area contributed by atoms with Crippen molar-refractivity contribution >= 4 is 17.7 Å². The van der Waals surface area contributed by atoms with Crippen LogP contribution in [0.1, 0.15) is 37.4 Å². The van der Waals surface area contributed by atoms with E-state index in [-0.39, 0.29) is 6.61 Å². The van der Waals surface area contributed by atoms with E-state index in [1.807, 2.05) is 31.2 Å². The normalized spacial score (nSPS) is 15.8. The second kappa shape index (κ2) is 9.82. The lowest BCUT2D eigenvalue weighted by Crippen LogP contribution is -2.45. The average molecular weight is 410 g/mol. The lowest BCUT2D eigenvalue weighted by atomic mass is 9.92. The summed E-state index contributed by atoms with van der Waals surface area (Å²) in [5.41, 5.74) is 2.18. The van der Waals surface area contributed by atoms with Crippen LogP contribution in [0, 0.1) is 0 Å². The van der Waals surface area contributed by atoms with Gasteiger partial charge in [0, 0.05) is 0 Å². The van der Waals surface area contributed by atoms with Crippen LogP contribution in [0.4, 0.5) is 4.79 Å². The molecule has 7 heteroatoms. The number of urea groups is 1. The molecule has 2 aromatic carbocycles. The van der Waals surface area contributed by atoms with Crippen LogP contribution in [-0.2, 0) is 9.53 Å². The summed E-state index contributed by atoms with van der Waals surface area (Å²) >= 11 is 0. The third kappa shape index (κ3) is 4.74. The number of methoxy groups -OCH3 is 1. The van der Waals surface area contributed by atoms with Gasteiger partial charge >= 0.3 is 12.0 Å². The van der Waals surface area contributed by atoms with E-state index in [1.165, 1.54) is 0 Å². The van der Waals surface area contributed by atoms with E-state index in [1.54, 1.807) is 38.3 Å². The molecule has 0 aliphatic carbocycles. The van der Waals surface area contributed by atoms with E-state index in [2.05, 4.69) is 10.6 Å². The maximum Gasteiger partial charge on any atom is 0.338 e. The second-order valence-corrected chi connectivity index (χ2v) is 6.69. The topological polar surface area (TPSA) is 85.9 Å². The molecule has 2 amide bonds. The highest BCUT2D eigenvalue weighted by molar-refractivity contribution is 6.04. The summed E-state index contributed by atoms with van der Waals surface area (Å²) in [6, 6.07) is 13.4. The first-order chi connectivity index (χ1) is 14.6. The highest BCUT2D eigenvalue weighted by Crippen LogP contribution is 2.33. The van der Waals surface area contributed by atoms with Crippen molar-refractivity contribution in [1.29, 1.82) is 0 Å². The van der Waals surface area contributed by atoms with Crippen LogP contribution in [0.5, 0.6) is 11.5 Å². The summed E-state index contributed by atoms with van der Waals surface area (Å²) in [7, 11) is 1.58. The number of carbonyl (C=O) groups is 2. The number of esters is 1. The van der Waals surface area contributed by atoms with Gasteiger partial charge in [0.15, 0.2) is 0 Å². The van der Waals surface area contributed by atoms with Crippen molar-refractivity contribution in [3.05, 3.63) is 65.2 Å². The molecule has 0 fully saturated rings. The Bertz CT molecular complexity index is 920. The van der Waals surface area contributed by atoms with Gasteiger partial charge in [-0.05, 0) is 60.9 Å². The van der Waals surface area contributed by atoms with Crippen LogP contribution in [-0.4, -0.2) is 32.3 Å². The number of ether oxygens (including phenoxy) is 3. The van der Waals surface area contributed by atoms with Gasteiger partial charge in [0.25, 0.3) is 0 Å². The fourth-order valence-corrected chi connectivity index (χ4v) is 3.21. The van der Waals surface area contributed by atoms with E-state index in [9.17, 15) is 9.59 Å². The van der Waals surface area contributed by atoms with E-state index in [0.717, 1.165) is 17.7 Å². The molecular weight excluding hydrogens is 384 g/mol. The third-order valence-electron chi connectivity index (χ3n) is 4.63. The van der Waals surface area contributed by atoms with Crippen LogP contribution >= 0.6 is 0 Å². The molecule has 30 heavy (non-hydrogen) atoms. The van der Waals surface area contributed by atoms with E-state index >= 15 is 0 Å². The van der Waals surface area contributed by atoms with Gasteiger partial charge < -0.3 is 24.8 Å². The zero-order valence-corrected chi connectivity index (χ0v) is 17.4. The van der Waals surface area contributed by atoms with Gasteiger partial charge in [0.05, 0.1) is 37.6 Å². The molecule has 0 radical (unpaired) electrons. The van der Waals surface area contributed by atoms with Crippen molar-refractivity contribution in [2.45, 2.75) is 26.3 Å². The SMILES string of the molecule is CCCOc1ccc(C2NC(=O)NC(c3ccc(OC)cc3)=C2C(=O)OCC)cc1. The predicted octanol–water partition coefficient (Wildman–Crippen LogP) is 3.81. The minimum atomic E-state index is -0.657. The van der Waals surface area contributed by atoms with Gasteiger partial charge in [0.2, 0.25) is 0 Å². The average Bonchev–Trinajstić information content (AvgIpc) is 2.77. The van der Waals surface area contributed by atoms with Gasteiger partial charge in [-0.3, -0.25) is 0 Å². The fourth-order valence-electron chi connectivity index (χ4n) is 3.21. The van der Waals surface area contributed by atoms with Gasteiger partial charge in [-0.1, -0.05) is 19.1 Å². The molecular formula is C23H26N2O5. The molecule has 1 aliphatic rings. The van der Waals surface area contributed by atoms with E-state index in [4.69, 9.17) is 14.2 Å². The largest absolute Gasteiger partial charge is 0.497 e. The third-order valence-corrected chi connectivity index (χ3v) is 4.63. The van der Waals surface area contributed by atoms with Crippen molar-refractivity contribution in [1.82, 2.24) is 10.6 Å². The number of rotatable bonds is 8. The smallest absolute Gasteiger partial charge is 0.338 e. The molecule has 0 spiro atoms. The maximum absolute atomic E-state index is 12.9. The van der Waals surface area contributed by atoms with E-state index in [0.29, 0.717) is 29.2 Å². The molecule has 0 saturated carbocycles. The summed E-state index contributed by atoms with van der Waals surface area (Å²) in [6.07, 6.45) is 0.910. The Morgan fingerprint density at radius 2 is 1.67 bits per heavy atom. The quantitative estimate of drug-likeness (QED) is 0.647. The number of carbonyl (C=O) groups excluding carboxylic acids is 2. The van der Waals surface area contributed by atoms with Crippen molar-refractivity contribution < 1.29 is 23.8 Å². The number of benzene rings is 2. The molecule has 1 aliphatic heterocycles. The van der Waals surface area contributed by atoms with E-state index < -0.39 is 18.0 Å². The zero-order valence-electron chi connectivity index (χ0n) is 17.4. The number of nitrogens with one attached hydrogen (secondary N) is 2. The second-order valence-electron chi connectivity index (χ2n) is 6.69. The Labute approximate surface area is 176 Å². The Balaban J connectivity index is 2.05. The minimum absolute atomic E-state index is 0.225. The van der Waals surface area contributed by atoms with Crippen molar-refractivity contribution in [2.24, 2.45) is 0 Å².